The molecule has 1 saturated heterocycles. The van der Waals surface area contributed by atoms with Crippen molar-refractivity contribution in [3.8, 4) is 0 Å². The SMILES string of the molecule is CC1CN(c2c(Cl)cccc2CCN)CC1N(C)C. The maximum Gasteiger partial charge on any atom is 0.0642 e. The van der Waals surface area contributed by atoms with E-state index in [1.807, 2.05) is 12.1 Å². The van der Waals surface area contributed by atoms with E-state index in [1.54, 1.807) is 0 Å². The zero-order valence-corrected chi connectivity index (χ0v) is 12.8. The van der Waals surface area contributed by atoms with Crippen LogP contribution in [0.15, 0.2) is 18.2 Å². The Kier molecular flexibility index (Phi) is 4.71. The predicted molar refractivity (Wildman–Crippen MR) is 83.1 cm³/mol. The van der Waals surface area contributed by atoms with E-state index < -0.39 is 0 Å². The smallest absolute Gasteiger partial charge is 0.0642 e. The van der Waals surface area contributed by atoms with Crippen molar-refractivity contribution in [1.82, 2.24) is 4.90 Å². The Labute approximate surface area is 121 Å². The van der Waals surface area contributed by atoms with Crippen molar-refractivity contribution in [3.63, 3.8) is 0 Å². The highest BCUT2D eigenvalue weighted by molar-refractivity contribution is 6.33. The molecule has 1 aliphatic rings. The summed E-state index contributed by atoms with van der Waals surface area (Å²) in [5, 5.41) is 0.845. The van der Waals surface area contributed by atoms with Gasteiger partial charge in [0.05, 0.1) is 10.7 Å². The van der Waals surface area contributed by atoms with Crippen LogP contribution in [0.3, 0.4) is 0 Å². The van der Waals surface area contributed by atoms with Gasteiger partial charge in [-0.3, -0.25) is 0 Å². The first-order chi connectivity index (χ1) is 9.04. The van der Waals surface area contributed by atoms with E-state index in [4.69, 9.17) is 17.3 Å². The minimum absolute atomic E-state index is 0.585. The molecule has 1 fully saturated rings. The lowest BCUT2D eigenvalue weighted by atomic mass is 10.1. The Hall–Kier alpha value is -0.770. The highest BCUT2D eigenvalue weighted by atomic mass is 35.5. The van der Waals surface area contributed by atoms with Gasteiger partial charge in [0.15, 0.2) is 0 Å². The van der Waals surface area contributed by atoms with E-state index in [1.165, 1.54) is 11.3 Å². The van der Waals surface area contributed by atoms with E-state index in [2.05, 4.69) is 36.9 Å². The summed E-state index contributed by atoms with van der Waals surface area (Å²) in [6.07, 6.45) is 0.882. The fraction of sp³-hybridized carbons (Fsp3) is 0.600. The Bertz CT molecular complexity index is 433. The van der Waals surface area contributed by atoms with Crippen LogP contribution in [-0.2, 0) is 6.42 Å². The molecule has 2 unspecified atom stereocenters. The van der Waals surface area contributed by atoms with Gasteiger partial charge in [-0.05, 0) is 44.6 Å². The molecule has 4 heteroatoms. The first-order valence-corrected chi connectivity index (χ1v) is 7.31. The topological polar surface area (TPSA) is 32.5 Å². The maximum absolute atomic E-state index is 6.42. The summed E-state index contributed by atoms with van der Waals surface area (Å²) < 4.78 is 0. The van der Waals surface area contributed by atoms with E-state index in [9.17, 15) is 0 Å². The van der Waals surface area contributed by atoms with Crippen molar-refractivity contribution >= 4 is 17.3 Å². The Morgan fingerprint density at radius 3 is 2.68 bits per heavy atom. The van der Waals surface area contributed by atoms with Crippen molar-refractivity contribution in [1.29, 1.82) is 0 Å². The number of likely N-dealkylation sites (N-methyl/N-ethyl adjacent to an activating group) is 1. The van der Waals surface area contributed by atoms with Gasteiger partial charge < -0.3 is 15.5 Å². The molecule has 0 radical (unpaired) electrons. The summed E-state index contributed by atoms with van der Waals surface area (Å²) in [4.78, 5) is 4.73. The minimum Gasteiger partial charge on any atom is -0.368 e. The number of nitrogens with zero attached hydrogens (tertiary/aromatic N) is 2. The molecule has 106 valence electrons. The molecule has 2 atom stereocenters. The number of anilines is 1. The van der Waals surface area contributed by atoms with Crippen molar-refractivity contribution in [2.75, 3.05) is 38.6 Å². The molecule has 1 aromatic rings. The molecular formula is C15H24ClN3. The van der Waals surface area contributed by atoms with Crippen molar-refractivity contribution in [2.24, 2.45) is 11.7 Å². The average molecular weight is 282 g/mol. The lowest BCUT2D eigenvalue weighted by molar-refractivity contribution is 0.266. The molecule has 0 saturated carbocycles. The van der Waals surface area contributed by atoms with Crippen LogP contribution in [-0.4, -0.2) is 44.7 Å². The molecular weight excluding hydrogens is 258 g/mol. The number of benzene rings is 1. The number of hydrogen-bond donors (Lipinski definition) is 1. The first-order valence-electron chi connectivity index (χ1n) is 6.93. The van der Waals surface area contributed by atoms with E-state index in [0.29, 0.717) is 18.5 Å². The average Bonchev–Trinajstić information content (AvgIpc) is 2.71. The second-order valence-electron chi connectivity index (χ2n) is 5.70. The van der Waals surface area contributed by atoms with E-state index in [-0.39, 0.29) is 0 Å². The van der Waals surface area contributed by atoms with Gasteiger partial charge in [0.1, 0.15) is 0 Å². The van der Waals surface area contributed by atoms with Gasteiger partial charge >= 0.3 is 0 Å². The Balaban J connectivity index is 2.28. The number of hydrogen-bond acceptors (Lipinski definition) is 3. The third kappa shape index (κ3) is 3.04. The molecule has 1 aromatic carbocycles. The summed E-state index contributed by atoms with van der Waals surface area (Å²) in [6.45, 7) is 5.07. The minimum atomic E-state index is 0.585. The van der Waals surface area contributed by atoms with Crippen LogP contribution in [0.1, 0.15) is 12.5 Å². The number of nitrogens with two attached hydrogens (primary N) is 1. The van der Waals surface area contributed by atoms with Crippen molar-refractivity contribution in [3.05, 3.63) is 28.8 Å². The zero-order valence-electron chi connectivity index (χ0n) is 12.1. The fourth-order valence-corrected chi connectivity index (χ4v) is 3.39. The second-order valence-corrected chi connectivity index (χ2v) is 6.11. The standard InChI is InChI=1S/C15H24ClN3/c1-11-9-19(10-14(11)18(2)3)15-12(7-8-17)5-4-6-13(15)16/h4-6,11,14H,7-10,17H2,1-3H3. The van der Waals surface area contributed by atoms with Crippen LogP contribution in [0.25, 0.3) is 0 Å². The zero-order chi connectivity index (χ0) is 14.0. The highest BCUT2D eigenvalue weighted by Gasteiger charge is 2.32. The third-order valence-electron chi connectivity index (χ3n) is 4.04. The van der Waals surface area contributed by atoms with Gasteiger partial charge in [0.25, 0.3) is 0 Å². The lowest BCUT2D eigenvalue weighted by Crippen LogP contribution is -2.34. The maximum atomic E-state index is 6.42. The third-order valence-corrected chi connectivity index (χ3v) is 4.34. The monoisotopic (exact) mass is 281 g/mol. The molecule has 0 aromatic heterocycles. The summed E-state index contributed by atoms with van der Waals surface area (Å²) in [5.41, 5.74) is 8.16. The normalized spacial score (nSPS) is 23.4. The Morgan fingerprint density at radius 2 is 2.11 bits per heavy atom. The molecule has 0 amide bonds. The van der Waals surface area contributed by atoms with Gasteiger partial charge in [-0.15, -0.1) is 0 Å². The van der Waals surface area contributed by atoms with Gasteiger partial charge in [-0.25, -0.2) is 0 Å². The number of rotatable bonds is 4. The number of halogens is 1. The van der Waals surface area contributed by atoms with E-state index >= 15 is 0 Å². The van der Waals surface area contributed by atoms with Crippen LogP contribution in [0.2, 0.25) is 5.02 Å². The summed E-state index contributed by atoms with van der Waals surface area (Å²) in [5.74, 6) is 0.650. The fourth-order valence-electron chi connectivity index (χ4n) is 3.08. The Morgan fingerprint density at radius 1 is 1.37 bits per heavy atom. The van der Waals surface area contributed by atoms with Gasteiger partial charge in [0, 0.05) is 19.1 Å². The van der Waals surface area contributed by atoms with Crippen molar-refractivity contribution in [2.45, 2.75) is 19.4 Å². The summed E-state index contributed by atoms with van der Waals surface area (Å²) >= 11 is 6.42. The highest BCUT2D eigenvalue weighted by Crippen LogP contribution is 2.34. The summed E-state index contributed by atoms with van der Waals surface area (Å²) in [6, 6.07) is 6.72. The largest absolute Gasteiger partial charge is 0.368 e. The molecule has 2 N–H and O–H groups in total. The number of para-hydroxylation sites is 1. The van der Waals surface area contributed by atoms with Crippen molar-refractivity contribution < 1.29 is 0 Å². The molecule has 0 bridgehead atoms. The molecule has 19 heavy (non-hydrogen) atoms. The molecule has 1 heterocycles. The first kappa shape index (κ1) is 14.6. The molecule has 1 aliphatic heterocycles. The lowest BCUT2D eigenvalue weighted by Gasteiger charge is -2.25. The molecule has 0 aliphatic carbocycles. The molecule has 3 nitrogen and oxygen atoms in total. The molecule has 2 rings (SSSR count). The van der Waals surface area contributed by atoms with Crippen LogP contribution in [0.4, 0.5) is 5.69 Å². The van der Waals surface area contributed by atoms with Crippen LogP contribution < -0.4 is 10.6 Å². The van der Waals surface area contributed by atoms with Gasteiger partial charge in [-0.1, -0.05) is 30.7 Å². The van der Waals surface area contributed by atoms with Crippen LogP contribution in [0, 0.1) is 5.92 Å². The van der Waals surface area contributed by atoms with E-state index in [0.717, 1.165) is 24.5 Å². The quantitative estimate of drug-likeness (QED) is 0.919. The van der Waals surface area contributed by atoms with Crippen LogP contribution >= 0.6 is 11.6 Å². The molecule has 0 spiro atoms. The van der Waals surface area contributed by atoms with Gasteiger partial charge in [-0.2, -0.15) is 0 Å². The second kappa shape index (κ2) is 6.12. The van der Waals surface area contributed by atoms with Crippen LogP contribution in [0.5, 0.6) is 0 Å². The van der Waals surface area contributed by atoms with Gasteiger partial charge in [0.2, 0.25) is 0 Å². The predicted octanol–water partition coefficient (Wildman–Crippen LogP) is 2.23. The summed E-state index contributed by atoms with van der Waals surface area (Å²) in [7, 11) is 4.30.